The maximum Gasteiger partial charge on any atom is 0.333 e. The van der Waals surface area contributed by atoms with Crippen LogP contribution in [-0.2, 0) is 71.9 Å². The van der Waals surface area contributed by atoms with Crippen molar-refractivity contribution in [2.24, 2.45) is 40.9 Å². The van der Waals surface area contributed by atoms with E-state index in [0.717, 1.165) is 44.5 Å². The van der Waals surface area contributed by atoms with Crippen molar-refractivity contribution < 1.29 is 69.1 Å². The Balaban J connectivity index is 0.000000281. The molecule has 22 nitrogen and oxygen atoms in total. The molecule has 101 heavy (non-hydrogen) atoms. The fraction of sp³-hybridized carbons (Fsp3) is 0.231. The van der Waals surface area contributed by atoms with Crippen molar-refractivity contribution in [3.8, 4) is 23.0 Å². The summed E-state index contributed by atoms with van der Waals surface area (Å²) < 4.78 is 15.2. The fourth-order valence-electron chi connectivity index (χ4n) is 7.94. The van der Waals surface area contributed by atoms with Crippen LogP contribution in [0, 0.1) is 13.8 Å². The summed E-state index contributed by atoms with van der Waals surface area (Å²) in [5, 5.41) is 98.0. The number of carbonyl (C=O) groups excluding carboxylic acids is 4. The first-order chi connectivity index (χ1) is 48.3. The molecule has 0 saturated carbocycles. The molecule has 0 unspecified atom stereocenters. The van der Waals surface area contributed by atoms with Gasteiger partial charge < -0.3 is 50.0 Å². The second kappa shape index (κ2) is 44.5. The van der Waals surface area contributed by atoms with E-state index in [2.05, 4.69) is 67.2 Å². The molecule has 8 rings (SSSR count). The highest BCUT2D eigenvalue weighted by atomic mass is 35.5. The van der Waals surface area contributed by atoms with Crippen LogP contribution in [-0.4, -0.2) is 98.5 Å². The van der Waals surface area contributed by atoms with Gasteiger partial charge in [-0.25, -0.2) is 14.4 Å². The second-order valence-corrected chi connectivity index (χ2v) is 22.9. The third kappa shape index (κ3) is 32.2. The van der Waals surface area contributed by atoms with E-state index in [4.69, 9.17) is 41.1 Å². The van der Waals surface area contributed by atoms with Crippen molar-refractivity contribution in [1.82, 2.24) is 0 Å². The summed E-state index contributed by atoms with van der Waals surface area (Å²) >= 11 is 4.87. The molecule has 0 aliphatic heterocycles. The zero-order chi connectivity index (χ0) is 74.2. The standard InChI is InChI=1S/C24H26N2O5.C19H20N2O3.C16H18N2O3.C15H16N2O2.C4H5ClO/c1-16(2)23(28)30-13-11-18-5-8-20(9-6-18)25-26-21-15-19(7-10-22(21)27)12-14-31-24(29)17(3)4;1-13(2)19(23)24-11-10-15-5-7-16(8-6-15)20-21-17-12-14(3)4-9-18(17)22;19-9-7-12-1-4-14(5-2-12)17-18-15-11-13(8-10-20)3-6-16(15)21;1-11-2-7-15(19)14(10-11)17-16-13-5-3-12(4-6-13)8-9-18;1-3(2)4(5)6/h5-10,15,27H,1,3,11-14H2,2,4H3;4-9,12,22H,1,10-11H2,2-3H3;1-6,11,19-21H,7-10H2;2-7,10,18-19H,8-9H2,1H3;1H2,2H3. The number of phenolic OH excluding ortho intramolecular Hbond substituents is 4. The number of hydrogen-bond donors (Lipinski definition) is 7. The zero-order valence-electron chi connectivity index (χ0n) is 57.4. The Hall–Kier alpha value is -11.4. The van der Waals surface area contributed by atoms with Gasteiger partial charge in [0.1, 0.15) is 45.7 Å². The minimum Gasteiger partial charge on any atom is -0.506 e. The Morgan fingerprint density at radius 2 is 0.545 bits per heavy atom. The van der Waals surface area contributed by atoms with Gasteiger partial charge in [0.05, 0.1) is 42.6 Å². The number of carbonyl (C=O) groups is 4. The highest BCUT2D eigenvalue weighted by Crippen LogP contribution is 2.33. The van der Waals surface area contributed by atoms with Crippen LogP contribution in [0.1, 0.15) is 72.2 Å². The highest BCUT2D eigenvalue weighted by Gasteiger charge is 2.10. The van der Waals surface area contributed by atoms with Crippen molar-refractivity contribution in [1.29, 1.82) is 0 Å². The number of azo groups is 4. The topological polar surface area (TPSA) is 336 Å². The molecular formula is C78H85ClN8O14. The van der Waals surface area contributed by atoms with Crippen LogP contribution >= 0.6 is 11.6 Å². The number of aliphatic hydroxyl groups excluding tert-OH is 3. The van der Waals surface area contributed by atoms with E-state index >= 15 is 0 Å². The van der Waals surface area contributed by atoms with E-state index in [-0.39, 0.29) is 62.0 Å². The van der Waals surface area contributed by atoms with Crippen LogP contribution in [0.15, 0.2) is 259 Å². The lowest BCUT2D eigenvalue weighted by Crippen LogP contribution is -2.07. The molecule has 0 atom stereocenters. The molecule has 0 saturated heterocycles. The molecule has 0 heterocycles. The number of esters is 3. The lowest BCUT2D eigenvalue weighted by atomic mass is 10.1. The van der Waals surface area contributed by atoms with E-state index < -0.39 is 17.2 Å². The first-order valence-corrected chi connectivity index (χ1v) is 32.1. The summed E-state index contributed by atoms with van der Waals surface area (Å²) in [4.78, 5) is 43.9. The van der Waals surface area contributed by atoms with Gasteiger partial charge in [0.15, 0.2) is 0 Å². The summed E-state index contributed by atoms with van der Waals surface area (Å²) in [5.74, 6) is -0.942. The van der Waals surface area contributed by atoms with Gasteiger partial charge >= 0.3 is 17.9 Å². The lowest BCUT2D eigenvalue weighted by molar-refractivity contribution is -0.139. The number of halogens is 1. The Kier molecular flexibility index (Phi) is 36.1. The summed E-state index contributed by atoms with van der Waals surface area (Å²) in [6, 6.07) is 49.9. The predicted octanol–water partition coefficient (Wildman–Crippen LogP) is 17.8. The predicted molar refractivity (Wildman–Crippen MR) is 391 cm³/mol. The number of hydrogen-bond acceptors (Lipinski definition) is 22. The van der Waals surface area contributed by atoms with Gasteiger partial charge in [0, 0.05) is 61.4 Å². The average Bonchev–Trinajstić information content (AvgIpc) is 0.924. The fourth-order valence-corrected chi connectivity index (χ4v) is 7.94. The Morgan fingerprint density at radius 1 is 0.327 bits per heavy atom. The number of aliphatic hydroxyl groups is 3. The number of ether oxygens (including phenoxy) is 3. The molecule has 8 aromatic rings. The molecule has 528 valence electrons. The lowest BCUT2D eigenvalue weighted by Gasteiger charge is -2.06. The normalized spacial score (nSPS) is 10.7. The van der Waals surface area contributed by atoms with Crippen molar-refractivity contribution >= 4 is 80.3 Å². The minimum absolute atomic E-state index is 0.00220. The molecule has 0 amide bonds. The number of rotatable bonds is 27. The van der Waals surface area contributed by atoms with Crippen molar-refractivity contribution in [3.63, 3.8) is 0 Å². The van der Waals surface area contributed by atoms with Crippen LogP contribution in [0.2, 0.25) is 0 Å². The minimum atomic E-state index is -0.463. The molecule has 23 heteroatoms. The maximum absolute atomic E-state index is 11.4. The van der Waals surface area contributed by atoms with E-state index in [0.29, 0.717) is 113 Å². The number of nitrogens with zero attached hydrogens (tertiary/aromatic N) is 8. The highest BCUT2D eigenvalue weighted by molar-refractivity contribution is 6.67. The molecule has 0 spiro atoms. The summed E-state index contributed by atoms with van der Waals surface area (Å²) in [5.41, 5.74) is 13.6. The van der Waals surface area contributed by atoms with Gasteiger partial charge in [-0.1, -0.05) is 99.1 Å². The number of benzene rings is 8. The van der Waals surface area contributed by atoms with Gasteiger partial charge in [0.2, 0.25) is 5.24 Å². The third-order valence-electron chi connectivity index (χ3n) is 13.6. The molecular weight excluding hydrogens is 1310 g/mol. The molecule has 0 bridgehead atoms. The van der Waals surface area contributed by atoms with Crippen molar-refractivity contribution in [2.75, 3.05) is 39.6 Å². The van der Waals surface area contributed by atoms with Crippen LogP contribution in [0.25, 0.3) is 0 Å². The van der Waals surface area contributed by atoms with Gasteiger partial charge in [-0.3, -0.25) is 4.79 Å². The summed E-state index contributed by atoms with van der Waals surface area (Å²) in [6.07, 6.45) is 3.44. The SMILES string of the molecule is C=C(C)C(=O)Cl.C=C(C)C(=O)OCCc1ccc(N=Nc2cc(C)ccc2O)cc1.C=C(C)C(=O)OCCc1ccc(N=Nc2cc(CCOC(=O)C(=C)C)ccc2O)cc1.Cc1ccc(O)c(N=Nc2ccc(CCO)cc2)c1.OCCc1ccc(N=Nc2cc(CCO)ccc2O)cc1. The summed E-state index contributed by atoms with van der Waals surface area (Å²) in [6.45, 7) is 25.2. The smallest absolute Gasteiger partial charge is 0.333 e. The largest absolute Gasteiger partial charge is 0.506 e. The number of aryl methyl sites for hydroxylation is 2. The van der Waals surface area contributed by atoms with Crippen molar-refractivity contribution in [3.05, 3.63) is 263 Å². The number of phenols is 4. The van der Waals surface area contributed by atoms with Gasteiger partial charge in [0.25, 0.3) is 0 Å². The van der Waals surface area contributed by atoms with Crippen molar-refractivity contribution in [2.45, 2.75) is 80.1 Å². The molecule has 0 aliphatic rings. The van der Waals surface area contributed by atoms with Crippen LogP contribution in [0.4, 0.5) is 45.5 Å². The molecule has 7 N–H and O–H groups in total. The van der Waals surface area contributed by atoms with Crippen LogP contribution < -0.4 is 0 Å². The van der Waals surface area contributed by atoms with E-state index in [1.807, 2.05) is 111 Å². The molecule has 0 aliphatic carbocycles. The van der Waals surface area contributed by atoms with Gasteiger partial charge in [-0.2, -0.15) is 20.5 Å². The van der Waals surface area contributed by atoms with Crippen LogP contribution in [0.5, 0.6) is 23.0 Å². The Morgan fingerprint density at radius 3 is 0.802 bits per heavy atom. The second-order valence-electron chi connectivity index (χ2n) is 22.6. The van der Waals surface area contributed by atoms with E-state index in [1.54, 1.807) is 94.4 Å². The summed E-state index contributed by atoms with van der Waals surface area (Å²) in [7, 11) is 0. The molecule has 8 aromatic carbocycles. The molecule has 0 radical (unpaired) electrons. The third-order valence-corrected chi connectivity index (χ3v) is 14.0. The maximum atomic E-state index is 11.4. The average molecular weight is 1390 g/mol. The van der Waals surface area contributed by atoms with E-state index in [9.17, 15) is 39.6 Å². The molecule has 0 fully saturated rings. The first kappa shape index (κ1) is 82.0. The Labute approximate surface area is 593 Å². The van der Waals surface area contributed by atoms with E-state index in [1.165, 1.54) is 6.07 Å². The first-order valence-electron chi connectivity index (χ1n) is 31.7. The molecule has 0 aromatic heterocycles. The van der Waals surface area contributed by atoms with Gasteiger partial charge in [-0.05, 0) is 214 Å². The number of aromatic hydroxyl groups is 4. The number of allylic oxidation sites excluding steroid dienone is 1. The Bertz CT molecular complexity index is 4180. The zero-order valence-corrected chi connectivity index (χ0v) is 58.2. The quantitative estimate of drug-likeness (QED) is 0.00828. The van der Waals surface area contributed by atoms with Gasteiger partial charge in [-0.15, -0.1) is 20.5 Å². The monoisotopic (exact) mass is 1390 g/mol. The van der Waals surface area contributed by atoms with Crippen LogP contribution in [0.3, 0.4) is 0 Å².